The van der Waals surface area contributed by atoms with Crippen LogP contribution in [-0.4, -0.2) is 30.6 Å². The summed E-state index contributed by atoms with van der Waals surface area (Å²) < 4.78 is 0. The molecule has 2 N–H and O–H groups in total. The number of hydrogen-bond acceptors (Lipinski definition) is 2. The van der Waals surface area contributed by atoms with Gasteiger partial charge in [-0.15, -0.1) is 0 Å². The van der Waals surface area contributed by atoms with Crippen molar-refractivity contribution >= 4 is 17.7 Å². The van der Waals surface area contributed by atoms with Crippen LogP contribution in [0.3, 0.4) is 0 Å². The lowest BCUT2D eigenvalue weighted by Gasteiger charge is -2.14. The first kappa shape index (κ1) is 13.3. The fourth-order valence-electron chi connectivity index (χ4n) is 2.02. The molecule has 1 unspecified atom stereocenters. The highest BCUT2D eigenvalue weighted by Gasteiger charge is 2.15. The van der Waals surface area contributed by atoms with Crippen LogP contribution in [0.1, 0.15) is 18.4 Å². The van der Waals surface area contributed by atoms with Crippen molar-refractivity contribution < 1.29 is 0 Å². The van der Waals surface area contributed by atoms with Crippen molar-refractivity contribution in [1.82, 2.24) is 10.6 Å². The molecule has 1 fully saturated rings. The van der Waals surface area contributed by atoms with E-state index in [-0.39, 0.29) is 0 Å². The molecular formula is C14H21N3S. The molecule has 0 aliphatic carbocycles. The smallest absolute Gasteiger partial charge is 0.191 e. The van der Waals surface area contributed by atoms with Crippen molar-refractivity contribution in [1.29, 1.82) is 0 Å². The molecule has 2 rings (SSSR count). The summed E-state index contributed by atoms with van der Waals surface area (Å²) in [6, 6.07) is 10.4. The summed E-state index contributed by atoms with van der Waals surface area (Å²) in [7, 11) is 1.82. The Morgan fingerprint density at radius 3 is 2.83 bits per heavy atom. The van der Waals surface area contributed by atoms with Gasteiger partial charge in [-0.1, -0.05) is 30.3 Å². The average molecular weight is 263 g/mol. The number of rotatable bonds is 4. The normalized spacial score (nSPS) is 19.8. The second-order valence-corrected chi connectivity index (χ2v) is 5.84. The van der Waals surface area contributed by atoms with Crippen molar-refractivity contribution in [3.8, 4) is 0 Å². The molecule has 0 radical (unpaired) electrons. The monoisotopic (exact) mass is 263 g/mol. The van der Waals surface area contributed by atoms with Crippen LogP contribution in [0.15, 0.2) is 35.3 Å². The van der Waals surface area contributed by atoms with Crippen LogP contribution in [0.5, 0.6) is 0 Å². The van der Waals surface area contributed by atoms with E-state index in [0.717, 1.165) is 24.3 Å². The Labute approximate surface area is 113 Å². The maximum atomic E-state index is 4.25. The fourth-order valence-corrected chi connectivity index (χ4v) is 3.22. The van der Waals surface area contributed by atoms with Crippen LogP contribution in [0.4, 0.5) is 0 Å². The number of thioether (sulfide) groups is 1. The molecule has 1 saturated heterocycles. The van der Waals surface area contributed by atoms with Gasteiger partial charge in [-0.25, -0.2) is 0 Å². The first-order valence-corrected chi connectivity index (χ1v) is 7.53. The summed E-state index contributed by atoms with van der Waals surface area (Å²) in [6.07, 6.45) is 2.68. The van der Waals surface area contributed by atoms with Crippen molar-refractivity contribution in [2.75, 3.05) is 19.3 Å². The minimum atomic E-state index is 0.750. The Bertz CT molecular complexity index is 372. The number of nitrogens with zero attached hydrogens (tertiary/aromatic N) is 1. The Balaban J connectivity index is 1.72. The minimum Gasteiger partial charge on any atom is -0.355 e. The largest absolute Gasteiger partial charge is 0.355 e. The third-order valence-electron chi connectivity index (χ3n) is 3.05. The van der Waals surface area contributed by atoms with E-state index in [9.17, 15) is 0 Å². The topological polar surface area (TPSA) is 36.4 Å². The van der Waals surface area contributed by atoms with E-state index in [1.807, 2.05) is 13.1 Å². The first-order valence-electron chi connectivity index (χ1n) is 6.48. The SMILES string of the molecule is CN=C(NCc1ccccc1)NCC1CCCS1. The lowest BCUT2D eigenvalue weighted by Crippen LogP contribution is -2.39. The van der Waals surface area contributed by atoms with Gasteiger partial charge in [0.05, 0.1) is 0 Å². The molecule has 0 saturated carbocycles. The summed E-state index contributed by atoms with van der Waals surface area (Å²) in [4.78, 5) is 4.25. The molecular weight excluding hydrogens is 242 g/mol. The van der Waals surface area contributed by atoms with Crippen molar-refractivity contribution in [2.24, 2.45) is 4.99 Å². The molecule has 1 aliphatic rings. The second kappa shape index (κ2) is 7.31. The molecule has 4 heteroatoms. The molecule has 3 nitrogen and oxygen atoms in total. The first-order chi connectivity index (χ1) is 8.88. The van der Waals surface area contributed by atoms with E-state index >= 15 is 0 Å². The Morgan fingerprint density at radius 1 is 1.33 bits per heavy atom. The van der Waals surface area contributed by atoms with Crippen LogP contribution in [-0.2, 0) is 6.54 Å². The molecule has 1 heterocycles. The van der Waals surface area contributed by atoms with Gasteiger partial charge < -0.3 is 10.6 Å². The van der Waals surface area contributed by atoms with Crippen LogP contribution >= 0.6 is 11.8 Å². The molecule has 0 amide bonds. The van der Waals surface area contributed by atoms with Crippen molar-refractivity contribution in [3.05, 3.63) is 35.9 Å². The van der Waals surface area contributed by atoms with E-state index < -0.39 is 0 Å². The van der Waals surface area contributed by atoms with Crippen LogP contribution in [0.2, 0.25) is 0 Å². The van der Waals surface area contributed by atoms with Gasteiger partial charge in [-0.3, -0.25) is 4.99 Å². The maximum absolute atomic E-state index is 4.25. The summed E-state index contributed by atoms with van der Waals surface area (Å²) >= 11 is 2.06. The summed E-state index contributed by atoms with van der Waals surface area (Å²) in [5.41, 5.74) is 1.27. The summed E-state index contributed by atoms with van der Waals surface area (Å²) in [6.45, 7) is 1.83. The number of aliphatic imine (C=N–C) groups is 1. The predicted octanol–water partition coefficient (Wildman–Crippen LogP) is 2.25. The van der Waals surface area contributed by atoms with Crippen LogP contribution in [0.25, 0.3) is 0 Å². The Morgan fingerprint density at radius 2 is 2.17 bits per heavy atom. The fraction of sp³-hybridized carbons (Fsp3) is 0.500. The second-order valence-electron chi connectivity index (χ2n) is 4.43. The highest BCUT2D eigenvalue weighted by atomic mass is 32.2. The maximum Gasteiger partial charge on any atom is 0.191 e. The van der Waals surface area contributed by atoms with E-state index in [0.29, 0.717) is 0 Å². The van der Waals surface area contributed by atoms with Gasteiger partial charge in [0.25, 0.3) is 0 Å². The zero-order chi connectivity index (χ0) is 12.6. The summed E-state index contributed by atoms with van der Waals surface area (Å²) in [5.74, 6) is 2.20. The lowest BCUT2D eigenvalue weighted by atomic mass is 10.2. The molecule has 18 heavy (non-hydrogen) atoms. The van der Waals surface area contributed by atoms with Gasteiger partial charge >= 0.3 is 0 Å². The zero-order valence-corrected chi connectivity index (χ0v) is 11.7. The van der Waals surface area contributed by atoms with E-state index in [1.165, 1.54) is 24.2 Å². The molecule has 1 aromatic carbocycles. The molecule has 1 aromatic rings. The molecule has 0 bridgehead atoms. The number of benzene rings is 1. The Kier molecular flexibility index (Phi) is 5.39. The van der Waals surface area contributed by atoms with E-state index in [2.05, 4.69) is 51.7 Å². The third-order valence-corrected chi connectivity index (χ3v) is 4.45. The van der Waals surface area contributed by atoms with Gasteiger partial charge in [-0.05, 0) is 24.2 Å². The molecule has 98 valence electrons. The van der Waals surface area contributed by atoms with Gasteiger partial charge in [-0.2, -0.15) is 11.8 Å². The minimum absolute atomic E-state index is 0.750. The summed E-state index contributed by atoms with van der Waals surface area (Å²) in [5, 5.41) is 7.49. The highest BCUT2D eigenvalue weighted by Crippen LogP contribution is 2.25. The van der Waals surface area contributed by atoms with Gasteiger partial charge in [0, 0.05) is 25.4 Å². The number of nitrogens with one attached hydrogen (secondary N) is 2. The van der Waals surface area contributed by atoms with Crippen LogP contribution in [0, 0.1) is 0 Å². The number of guanidine groups is 1. The highest BCUT2D eigenvalue weighted by molar-refractivity contribution is 8.00. The molecule has 1 aliphatic heterocycles. The van der Waals surface area contributed by atoms with Gasteiger partial charge in [0.1, 0.15) is 0 Å². The van der Waals surface area contributed by atoms with E-state index in [4.69, 9.17) is 0 Å². The van der Waals surface area contributed by atoms with Gasteiger partial charge in [0.2, 0.25) is 0 Å². The van der Waals surface area contributed by atoms with Gasteiger partial charge in [0.15, 0.2) is 5.96 Å². The standard InChI is InChI=1S/C14H21N3S/c1-15-14(17-11-13-8-5-9-18-13)16-10-12-6-3-2-4-7-12/h2-4,6-7,13H,5,8-11H2,1H3,(H2,15,16,17). The third kappa shape index (κ3) is 4.26. The van der Waals surface area contributed by atoms with E-state index in [1.54, 1.807) is 0 Å². The Hall–Kier alpha value is -1.16. The zero-order valence-electron chi connectivity index (χ0n) is 10.9. The van der Waals surface area contributed by atoms with Crippen molar-refractivity contribution in [2.45, 2.75) is 24.6 Å². The lowest BCUT2D eigenvalue weighted by molar-refractivity contribution is 0.726. The predicted molar refractivity (Wildman–Crippen MR) is 80.1 cm³/mol. The van der Waals surface area contributed by atoms with Crippen LogP contribution < -0.4 is 10.6 Å². The molecule has 0 spiro atoms. The number of hydrogen-bond donors (Lipinski definition) is 2. The molecule has 1 atom stereocenters. The van der Waals surface area contributed by atoms with Crippen molar-refractivity contribution in [3.63, 3.8) is 0 Å². The quantitative estimate of drug-likeness (QED) is 0.646. The average Bonchev–Trinajstić information content (AvgIpc) is 2.93. The molecule has 0 aromatic heterocycles.